The van der Waals surface area contributed by atoms with Crippen LogP contribution in [0.4, 0.5) is 4.39 Å². The van der Waals surface area contributed by atoms with Crippen molar-refractivity contribution in [1.29, 1.82) is 0 Å². The Hall–Kier alpha value is -0.930. The summed E-state index contributed by atoms with van der Waals surface area (Å²) in [6, 6.07) is 4.70. The Labute approximate surface area is 108 Å². The molecule has 1 aromatic carbocycles. The third-order valence-electron chi connectivity index (χ3n) is 4.04. The molecule has 0 spiro atoms. The molecule has 18 heavy (non-hydrogen) atoms. The van der Waals surface area contributed by atoms with Crippen LogP contribution in [0.25, 0.3) is 0 Å². The largest absolute Gasteiger partial charge is 0.385 e. The number of rotatable bonds is 2. The van der Waals surface area contributed by atoms with Crippen LogP contribution < -0.4 is 0 Å². The van der Waals surface area contributed by atoms with Crippen molar-refractivity contribution in [1.82, 2.24) is 4.90 Å². The van der Waals surface area contributed by atoms with Gasteiger partial charge in [0.2, 0.25) is 0 Å². The smallest absolute Gasteiger partial charge is 0.123 e. The minimum atomic E-state index is -0.790. The Balaban J connectivity index is 2.24. The lowest BCUT2D eigenvalue weighted by Crippen LogP contribution is -2.29. The lowest BCUT2D eigenvalue weighted by Gasteiger charge is -2.29. The van der Waals surface area contributed by atoms with Crippen LogP contribution >= 0.6 is 0 Å². The third kappa shape index (κ3) is 2.73. The zero-order valence-corrected chi connectivity index (χ0v) is 11.2. The Morgan fingerprint density at radius 2 is 2.11 bits per heavy atom. The maximum Gasteiger partial charge on any atom is 0.123 e. The van der Waals surface area contributed by atoms with Crippen LogP contribution in [0.1, 0.15) is 37.3 Å². The van der Waals surface area contributed by atoms with Gasteiger partial charge in [-0.2, -0.15) is 0 Å². The molecule has 0 aromatic heterocycles. The standard InChI is InChI=1S/C15H22FNO/c1-3-17-9-4-7-15(18,8-10-17)14-6-5-13(16)11-12(14)2/h5-6,11,18H,3-4,7-10H2,1-2H3. The molecule has 0 amide bonds. The summed E-state index contributed by atoms with van der Waals surface area (Å²) in [6.45, 7) is 6.99. The van der Waals surface area contributed by atoms with Gasteiger partial charge in [0, 0.05) is 6.54 Å². The summed E-state index contributed by atoms with van der Waals surface area (Å²) in [7, 11) is 0. The van der Waals surface area contributed by atoms with Crippen LogP contribution in [0.2, 0.25) is 0 Å². The van der Waals surface area contributed by atoms with Gasteiger partial charge in [-0.1, -0.05) is 13.0 Å². The molecule has 0 saturated carbocycles. The van der Waals surface area contributed by atoms with E-state index in [4.69, 9.17) is 0 Å². The van der Waals surface area contributed by atoms with Gasteiger partial charge >= 0.3 is 0 Å². The molecule has 1 aromatic rings. The first-order chi connectivity index (χ1) is 8.55. The van der Waals surface area contributed by atoms with E-state index in [1.165, 1.54) is 12.1 Å². The van der Waals surface area contributed by atoms with E-state index < -0.39 is 5.60 Å². The summed E-state index contributed by atoms with van der Waals surface area (Å²) in [6.07, 6.45) is 2.48. The van der Waals surface area contributed by atoms with Crippen LogP contribution in [-0.4, -0.2) is 29.6 Å². The van der Waals surface area contributed by atoms with Crippen molar-refractivity contribution in [3.8, 4) is 0 Å². The molecule has 3 heteroatoms. The Morgan fingerprint density at radius 3 is 2.78 bits per heavy atom. The van der Waals surface area contributed by atoms with E-state index in [2.05, 4.69) is 11.8 Å². The molecule has 1 saturated heterocycles. The number of aryl methyl sites for hydroxylation is 1. The molecule has 1 atom stereocenters. The topological polar surface area (TPSA) is 23.5 Å². The van der Waals surface area contributed by atoms with Crippen molar-refractivity contribution in [3.63, 3.8) is 0 Å². The fraction of sp³-hybridized carbons (Fsp3) is 0.600. The predicted molar refractivity (Wildman–Crippen MR) is 71.0 cm³/mol. The zero-order valence-electron chi connectivity index (χ0n) is 11.2. The minimum absolute atomic E-state index is 0.233. The molecule has 2 nitrogen and oxygen atoms in total. The van der Waals surface area contributed by atoms with E-state index in [9.17, 15) is 9.50 Å². The number of likely N-dealkylation sites (tertiary alicyclic amines) is 1. The monoisotopic (exact) mass is 251 g/mol. The van der Waals surface area contributed by atoms with Crippen molar-refractivity contribution in [2.75, 3.05) is 19.6 Å². The van der Waals surface area contributed by atoms with Gasteiger partial charge in [-0.3, -0.25) is 0 Å². The van der Waals surface area contributed by atoms with Gasteiger partial charge in [-0.15, -0.1) is 0 Å². The highest BCUT2D eigenvalue weighted by molar-refractivity contribution is 5.32. The summed E-state index contributed by atoms with van der Waals surface area (Å²) in [4.78, 5) is 2.36. The van der Waals surface area contributed by atoms with Crippen molar-refractivity contribution in [3.05, 3.63) is 35.1 Å². The fourth-order valence-electron chi connectivity index (χ4n) is 2.91. The Kier molecular flexibility index (Phi) is 4.03. The number of benzene rings is 1. The average Bonchev–Trinajstić information content (AvgIpc) is 2.51. The number of nitrogens with zero attached hydrogens (tertiary/aromatic N) is 1. The number of hydrogen-bond donors (Lipinski definition) is 1. The first-order valence-electron chi connectivity index (χ1n) is 6.76. The molecular weight excluding hydrogens is 229 g/mol. The molecule has 0 aliphatic carbocycles. The molecule has 1 aliphatic heterocycles. The lowest BCUT2D eigenvalue weighted by atomic mass is 9.84. The molecule has 1 aliphatic rings. The van der Waals surface area contributed by atoms with Crippen molar-refractivity contribution in [2.45, 2.75) is 38.7 Å². The molecule has 1 unspecified atom stereocenters. The molecule has 0 radical (unpaired) electrons. The second kappa shape index (κ2) is 5.37. The van der Waals surface area contributed by atoms with Gasteiger partial charge < -0.3 is 10.0 Å². The first-order valence-corrected chi connectivity index (χ1v) is 6.76. The maximum atomic E-state index is 13.1. The quantitative estimate of drug-likeness (QED) is 0.873. The average molecular weight is 251 g/mol. The first kappa shape index (κ1) is 13.5. The molecule has 1 heterocycles. The van der Waals surface area contributed by atoms with E-state index in [1.807, 2.05) is 6.92 Å². The molecule has 0 bridgehead atoms. The number of hydrogen-bond acceptors (Lipinski definition) is 2. The molecular formula is C15H22FNO. The minimum Gasteiger partial charge on any atom is -0.385 e. The SMILES string of the molecule is CCN1CCCC(O)(c2ccc(F)cc2C)CC1. The lowest BCUT2D eigenvalue weighted by molar-refractivity contribution is 0.0207. The van der Waals surface area contributed by atoms with Gasteiger partial charge in [0.05, 0.1) is 5.60 Å². The molecule has 1 N–H and O–H groups in total. The highest BCUT2D eigenvalue weighted by Crippen LogP contribution is 2.34. The van der Waals surface area contributed by atoms with Crippen LogP contribution in [0, 0.1) is 12.7 Å². The fourth-order valence-corrected chi connectivity index (χ4v) is 2.91. The number of halogens is 1. The normalized spacial score (nSPS) is 26.0. The summed E-state index contributed by atoms with van der Waals surface area (Å²) in [5.74, 6) is -0.233. The van der Waals surface area contributed by atoms with Crippen LogP contribution in [0.15, 0.2) is 18.2 Å². The highest BCUT2D eigenvalue weighted by Gasteiger charge is 2.32. The number of aliphatic hydroxyl groups is 1. The van der Waals surface area contributed by atoms with Crippen LogP contribution in [0.5, 0.6) is 0 Å². The van der Waals surface area contributed by atoms with E-state index in [-0.39, 0.29) is 5.82 Å². The van der Waals surface area contributed by atoms with Gasteiger partial charge in [0.25, 0.3) is 0 Å². The second-order valence-corrected chi connectivity index (χ2v) is 5.28. The molecule has 1 fully saturated rings. The summed E-state index contributed by atoms with van der Waals surface area (Å²) < 4.78 is 13.1. The van der Waals surface area contributed by atoms with E-state index in [1.54, 1.807) is 6.07 Å². The van der Waals surface area contributed by atoms with Crippen molar-refractivity contribution < 1.29 is 9.50 Å². The van der Waals surface area contributed by atoms with Crippen molar-refractivity contribution >= 4 is 0 Å². The van der Waals surface area contributed by atoms with Crippen LogP contribution in [0.3, 0.4) is 0 Å². The Morgan fingerprint density at radius 1 is 1.33 bits per heavy atom. The summed E-state index contributed by atoms with van der Waals surface area (Å²) in [5, 5.41) is 10.9. The third-order valence-corrected chi connectivity index (χ3v) is 4.04. The highest BCUT2D eigenvalue weighted by atomic mass is 19.1. The Bertz CT molecular complexity index is 421. The van der Waals surface area contributed by atoms with Crippen molar-refractivity contribution in [2.24, 2.45) is 0 Å². The van der Waals surface area contributed by atoms with Gasteiger partial charge in [-0.05, 0) is 62.5 Å². The molecule has 2 rings (SSSR count). The summed E-state index contributed by atoms with van der Waals surface area (Å²) >= 11 is 0. The van der Waals surface area contributed by atoms with Crippen LogP contribution in [-0.2, 0) is 5.60 Å². The van der Waals surface area contributed by atoms with E-state index in [0.717, 1.165) is 50.0 Å². The van der Waals surface area contributed by atoms with Gasteiger partial charge in [0.15, 0.2) is 0 Å². The van der Waals surface area contributed by atoms with Gasteiger partial charge in [-0.25, -0.2) is 4.39 Å². The maximum absolute atomic E-state index is 13.1. The molecule has 100 valence electrons. The summed E-state index contributed by atoms with van der Waals surface area (Å²) in [5.41, 5.74) is 0.950. The predicted octanol–water partition coefficient (Wildman–Crippen LogP) is 2.83. The van der Waals surface area contributed by atoms with E-state index in [0.29, 0.717) is 0 Å². The second-order valence-electron chi connectivity index (χ2n) is 5.28. The van der Waals surface area contributed by atoms with Gasteiger partial charge in [0.1, 0.15) is 5.82 Å². The van der Waals surface area contributed by atoms with E-state index >= 15 is 0 Å². The zero-order chi connectivity index (χ0) is 13.2.